The van der Waals surface area contributed by atoms with Crippen molar-refractivity contribution < 1.29 is 23.8 Å². The van der Waals surface area contributed by atoms with E-state index in [9.17, 15) is 9.59 Å². The number of nitrogens with one attached hydrogen (secondary N) is 2. The van der Waals surface area contributed by atoms with Gasteiger partial charge in [-0.1, -0.05) is 11.6 Å². The Labute approximate surface area is 206 Å². The third kappa shape index (κ3) is 5.36. The van der Waals surface area contributed by atoms with Crippen LogP contribution in [0.1, 0.15) is 0 Å². The second kappa shape index (κ2) is 10.6. The van der Waals surface area contributed by atoms with Gasteiger partial charge in [0.05, 0.1) is 25.4 Å². The van der Waals surface area contributed by atoms with Gasteiger partial charge in [-0.2, -0.15) is 0 Å². The van der Waals surface area contributed by atoms with Gasteiger partial charge in [0, 0.05) is 28.4 Å². The van der Waals surface area contributed by atoms with Crippen molar-refractivity contribution in [3.05, 3.63) is 77.9 Å². The van der Waals surface area contributed by atoms with Gasteiger partial charge in [-0.3, -0.25) is 15.2 Å². The van der Waals surface area contributed by atoms with Crippen molar-refractivity contribution in [2.75, 3.05) is 24.5 Å². The van der Waals surface area contributed by atoms with Gasteiger partial charge in [-0.25, -0.2) is 9.80 Å². The quantitative estimate of drug-likeness (QED) is 0.252. The molecular weight excluding hydrogens is 472 g/mol. The molecule has 178 valence electrons. The van der Waals surface area contributed by atoms with Crippen molar-refractivity contribution >= 4 is 46.3 Å². The molecule has 0 saturated heterocycles. The highest BCUT2D eigenvalue weighted by molar-refractivity contribution is 6.30. The molecule has 4 rings (SSSR count). The van der Waals surface area contributed by atoms with Crippen LogP contribution >= 0.6 is 11.6 Å². The number of pyridine rings is 1. The van der Waals surface area contributed by atoms with E-state index >= 15 is 0 Å². The van der Waals surface area contributed by atoms with Crippen molar-refractivity contribution in [3.8, 4) is 23.0 Å². The molecule has 1 heterocycles. The summed E-state index contributed by atoms with van der Waals surface area (Å²) < 4.78 is 16.8. The fourth-order valence-electron chi connectivity index (χ4n) is 3.34. The topological polar surface area (TPSA) is 102 Å². The van der Waals surface area contributed by atoms with E-state index < -0.39 is 6.03 Å². The minimum atomic E-state index is -0.561. The van der Waals surface area contributed by atoms with Crippen LogP contribution in [0.3, 0.4) is 0 Å². The zero-order chi connectivity index (χ0) is 24.8. The van der Waals surface area contributed by atoms with E-state index in [1.165, 1.54) is 0 Å². The Morgan fingerprint density at radius 1 is 0.943 bits per heavy atom. The molecule has 0 saturated carbocycles. The number of amides is 3. The van der Waals surface area contributed by atoms with Crippen LogP contribution in [0.15, 0.2) is 72.9 Å². The highest BCUT2D eigenvalue weighted by atomic mass is 35.5. The van der Waals surface area contributed by atoms with Crippen molar-refractivity contribution in [2.45, 2.75) is 0 Å². The predicted octanol–water partition coefficient (Wildman–Crippen LogP) is 5.40. The Kier molecular flexibility index (Phi) is 7.18. The summed E-state index contributed by atoms with van der Waals surface area (Å²) in [5.74, 6) is 2.26. The number of hydrazine groups is 1. The first kappa shape index (κ1) is 23.7. The molecular formula is C25H21ClN4O5. The van der Waals surface area contributed by atoms with Gasteiger partial charge in [0.15, 0.2) is 11.5 Å². The number of carbonyl (C=O) groups is 2. The largest absolute Gasteiger partial charge is 0.493 e. The zero-order valence-corrected chi connectivity index (χ0v) is 19.6. The van der Waals surface area contributed by atoms with E-state index in [1.54, 1.807) is 87.1 Å². The van der Waals surface area contributed by atoms with Gasteiger partial charge in [0.25, 0.3) is 0 Å². The molecule has 0 aliphatic heterocycles. The molecule has 4 aromatic rings. The number of benzene rings is 3. The number of aromatic nitrogens is 1. The van der Waals surface area contributed by atoms with E-state index in [1.807, 2.05) is 0 Å². The first-order valence-corrected chi connectivity index (χ1v) is 10.8. The Bertz CT molecular complexity index is 1350. The lowest BCUT2D eigenvalue weighted by molar-refractivity contribution is -0.109. The van der Waals surface area contributed by atoms with Crippen LogP contribution in [0.2, 0.25) is 5.02 Å². The highest BCUT2D eigenvalue weighted by Gasteiger charge is 2.16. The summed E-state index contributed by atoms with van der Waals surface area (Å²) in [6, 6.07) is 18.0. The molecule has 1 aromatic heterocycles. The van der Waals surface area contributed by atoms with E-state index in [4.69, 9.17) is 25.8 Å². The molecule has 3 amide bonds. The number of anilines is 2. The fourth-order valence-corrected chi connectivity index (χ4v) is 3.47. The van der Waals surface area contributed by atoms with Crippen LogP contribution in [-0.4, -0.2) is 31.6 Å². The standard InChI is InChI=1S/C25H21ClN4O5/c1-33-23-13-20-21(14-24(23)34-2)27-12-11-22(20)35-19-9-5-17(6-10-19)29-25(32)30(28-15-31)18-7-3-16(26)4-8-18/h3-15H,1-2H3,(H,28,31)(H,29,32). The van der Waals surface area contributed by atoms with Gasteiger partial charge >= 0.3 is 6.03 Å². The molecule has 0 unspecified atom stereocenters. The lowest BCUT2D eigenvalue weighted by atomic mass is 10.2. The molecule has 0 radical (unpaired) electrons. The van der Waals surface area contributed by atoms with E-state index in [-0.39, 0.29) is 0 Å². The van der Waals surface area contributed by atoms with Gasteiger partial charge < -0.3 is 19.5 Å². The second-order valence-corrected chi connectivity index (χ2v) is 7.59. The average Bonchev–Trinajstić information content (AvgIpc) is 2.88. The Hall–Kier alpha value is -4.50. The minimum Gasteiger partial charge on any atom is -0.493 e. The predicted molar refractivity (Wildman–Crippen MR) is 134 cm³/mol. The summed E-state index contributed by atoms with van der Waals surface area (Å²) in [7, 11) is 3.13. The van der Waals surface area contributed by atoms with Gasteiger partial charge in [-0.15, -0.1) is 0 Å². The van der Waals surface area contributed by atoms with E-state index in [0.29, 0.717) is 51.3 Å². The minimum absolute atomic E-state index is 0.411. The summed E-state index contributed by atoms with van der Waals surface area (Å²) in [6.45, 7) is 0. The summed E-state index contributed by atoms with van der Waals surface area (Å²) in [6.07, 6.45) is 2.05. The molecule has 35 heavy (non-hydrogen) atoms. The van der Waals surface area contributed by atoms with E-state index in [0.717, 1.165) is 10.4 Å². The maximum Gasteiger partial charge on any atom is 0.345 e. The Balaban J connectivity index is 1.51. The van der Waals surface area contributed by atoms with Crippen molar-refractivity contribution in [2.24, 2.45) is 0 Å². The monoisotopic (exact) mass is 492 g/mol. The first-order chi connectivity index (χ1) is 17.0. The number of ether oxygens (including phenoxy) is 3. The highest BCUT2D eigenvalue weighted by Crippen LogP contribution is 2.37. The maximum atomic E-state index is 12.7. The smallest absolute Gasteiger partial charge is 0.345 e. The average molecular weight is 493 g/mol. The number of nitrogens with zero attached hydrogens (tertiary/aromatic N) is 2. The summed E-state index contributed by atoms with van der Waals surface area (Å²) in [5.41, 5.74) is 3.99. The van der Waals surface area contributed by atoms with Gasteiger partial charge in [0.2, 0.25) is 6.41 Å². The number of hydrogen-bond donors (Lipinski definition) is 2. The molecule has 0 atom stereocenters. The van der Waals surface area contributed by atoms with Crippen LogP contribution in [0, 0.1) is 0 Å². The number of fused-ring (bicyclic) bond motifs is 1. The second-order valence-electron chi connectivity index (χ2n) is 7.15. The molecule has 0 fully saturated rings. The van der Waals surface area contributed by atoms with Gasteiger partial charge in [-0.05, 0) is 60.7 Å². The SMILES string of the molecule is COc1cc2nccc(Oc3ccc(NC(=O)N(NC=O)c4ccc(Cl)cc4)cc3)c2cc1OC. The molecule has 2 N–H and O–H groups in total. The zero-order valence-electron chi connectivity index (χ0n) is 18.8. The number of rotatable bonds is 8. The van der Waals surface area contributed by atoms with E-state index in [2.05, 4.69) is 15.7 Å². The fraction of sp³-hybridized carbons (Fsp3) is 0.0800. The summed E-state index contributed by atoms with van der Waals surface area (Å²) >= 11 is 5.90. The van der Waals surface area contributed by atoms with Crippen LogP contribution in [-0.2, 0) is 4.79 Å². The lowest BCUT2D eigenvalue weighted by Crippen LogP contribution is -2.44. The lowest BCUT2D eigenvalue weighted by Gasteiger charge is -2.21. The molecule has 3 aromatic carbocycles. The van der Waals surface area contributed by atoms with Crippen LogP contribution in [0.5, 0.6) is 23.0 Å². The van der Waals surface area contributed by atoms with Crippen molar-refractivity contribution in [1.82, 2.24) is 10.4 Å². The van der Waals surface area contributed by atoms with Crippen LogP contribution in [0.25, 0.3) is 10.9 Å². The van der Waals surface area contributed by atoms with Crippen molar-refractivity contribution in [1.29, 1.82) is 0 Å². The number of methoxy groups -OCH3 is 2. The number of hydrogen-bond acceptors (Lipinski definition) is 6. The molecule has 0 spiro atoms. The van der Waals surface area contributed by atoms with Gasteiger partial charge in [0.1, 0.15) is 11.5 Å². The first-order valence-electron chi connectivity index (χ1n) is 10.4. The maximum absolute atomic E-state index is 12.7. The normalized spacial score (nSPS) is 10.4. The third-order valence-electron chi connectivity index (χ3n) is 5.01. The molecule has 9 nitrogen and oxygen atoms in total. The summed E-state index contributed by atoms with van der Waals surface area (Å²) in [5, 5.41) is 5.05. The molecule has 0 aliphatic rings. The number of carbonyl (C=O) groups excluding carboxylic acids is 2. The molecule has 10 heteroatoms. The molecule has 0 bridgehead atoms. The molecule has 0 aliphatic carbocycles. The summed E-state index contributed by atoms with van der Waals surface area (Å²) in [4.78, 5) is 28.1. The number of urea groups is 1. The third-order valence-corrected chi connectivity index (χ3v) is 5.26. The Morgan fingerprint density at radius 3 is 2.29 bits per heavy atom. The van der Waals surface area contributed by atoms with Crippen LogP contribution < -0.4 is 30.0 Å². The van der Waals surface area contributed by atoms with Crippen LogP contribution in [0.4, 0.5) is 16.2 Å². The van der Waals surface area contributed by atoms with Crippen molar-refractivity contribution in [3.63, 3.8) is 0 Å². The number of halogens is 1. The Morgan fingerprint density at radius 2 is 1.63 bits per heavy atom.